The number of aryl methyl sites for hydroxylation is 1. The first-order chi connectivity index (χ1) is 7.26. The van der Waals surface area contributed by atoms with E-state index in [1.54, 1.807) is 13.0 Å². The van der Waals surface area contributed by atoms with E-state index in [1.165, 1.54) is 6.33 Å². The van der Waals surface area contributed by atoms with Crippen molar-refractivity contribution in [3.05, 3.63) is 18.1 Å². The van der Waals surface area contributed by atoms with Crippen molar-refractivity contribution in [2.45, 2.75) is 26.7 Å². The summed E-state index contributed by atoms with van der Waals surface area (Å²) in [6, 6.07) is 1.75. The Morgan fingerprint density at radius 1 is 1.47 bits per heavy atom. The molecule has 1 N–H and O–H groups in total. The Kier molecular flexibility index (Phi) is 4.53. The molecule has 82 valence electrons. The number of ether oxygens (including phenoxy) is 1. The molecule has 5 heteroatoms. The second-order valence-corrected chi connectivity index (χ2v) is 2.99. The zero-order valence-electron chi connectivity index (χ0n) is 8.99. The first kappa shape index (κ1) is 11.4. The fourth-order valence-corrected chi connectivity index (χ4v) is 1.13. The Balaban J connectivity index is 2.60. The third kappa shape index (κ3) is 3.93. The molecule has 0 saturated carbocycles. The molecular formula is C10H15N3O2. The van der Waals surface area contributed by atoms with Crippen molar-refractivity contribution in [2.75, 3.05) is 11.9 Å². The van der Waals surface area contributed by atoms with Crippen LogP contribution in [0.15, 0.2) is 12.4 Å². The minimum atomic E-state index is -0.487. The molecule has 0 aliphatic heterocycles. The number of rotatable bonds is 4. The number of anilines is 1. The zero-order valence-corrected chi connectivity index (χ0v) is 8.99. The van der Waals surface area contributed by atoms with Crippen molar-refractivity contribution in [3.63, 3.8) is 0 Å². The summed E-state index contributed by atoms with van der Waals surface area (Å²) in [5.41, 5.74) is 0.916. The fourth-order valence-electron chi connectivity index (χ4n) is 1.13. The molecule has 0 unspecified atom stereocenters. The summed E-state index contributed by atoms with van der Waals surface area (Å²) < 4.78 is 4.74. The smallest absolute Gasteiger partial charge is 0.412 e. The highest BCUT2D eigenvalue weighted by atomic mass is 16.5. The third-order valence-corrected chi connectivity index (χ3v) is 1.74. The second kappa shape index (κ2) is 5.95. The van der Waals surface area contributed by atoms with Gasteiger partial charge in [-0.3, -0.25) is 5.32 Å². The largest absolute Gasteiger partial charge is 0.450 e. The van der Waals surface area contributed by atoms with Crippen LogP contribution in [0.3, 0.4) is 0 Å². The summed E-state index contributed by atoms with van der Waals surface area (Å²) >= 11 is 0. The molecule has 1 aromatic heterocycles. The Labute approximate surface area is 88.9 Å². The Hall–Kier alpha value is -1.65. The van der Waals surface area contributed by atoms with Crippen LogP contribution in [0.1, 0.15) is 26.0 Å². The average molecular weight is 209 g/mol. The van der Waals surface area contributed by atoms with Crippen LogP contribution in [0.4, 0.5) is 10.6 Å². The topological polar surface area (TPSA) is 64.1 Å². The monoisotopic (exact) mass is 209 g/mol. The van der Waals surface area contributed by atoms with Gasteiger partial charge in [-0.15, -0.1) is 0 Å². The third-order valence-electron chi connectivity index (χ3n) is 1.74. The van der Waals surface area contributed by atoms with E-state index in [0.29, 0.717) is 12.4 Å². The molecule has 1 heterocycles. The molecule has 1 amide bonds. The van der Waals surface area contributed by atoms with Crippen LogP contribution in [0.5, 0.6) is 0 Å². The highest BCUT2D eigenvalue weighted by molar-refractivity contribution is 5.83. The number of hydrogen-bond donors (Lipinski definition) is 1. The number of carbonyl (C=O) groups excluding carboxylic acids is 1. The van der Waals surface area contributed by atoms with E-state index in [9.17, 15) is 4.79 Å². The summed E-state index contributed by atoms with van der Waals surface area (Å²) in [5.74, 6) is 0.479. The van der Waals surface area contributed by atoms with E-state index < -0.39 is 6.09 Å². The van der Waals surface area contributed by atoms with Gasteiger partial charge in [-0.2, -0.15) is 0 Å². The van der Waals surface area contributed by atoms with Crippen LogP contribution in [-0.2, 0) is 11.2 Å². The number of nitrogens with zero attached hydrogens (tertiary/aromatic N) is 2. The molecule has 0 spiro atoms. The van der Waals surface area contributed by atoms with Gasteiger partial charge in [0.2, 0.25) is 0 Å². The van der Waals surface area contributed by atoms with Gasteiger partial charge in [0.25, 0.3) is 0 Å². The average Bonchev–Trinajstić information content (AvgIpc) is 2.19. The van der Waals surface area contributed by atoms with Crippen molar-refractivity contribution in [2.24, 2.45) is 0 Å². The predicted octanol–water partition coefficient (Wildman–Crippen LogP) is 2.00. The van der Waals surface area contributed by atoms with Crippen LogP contribution in [0.2, 0.25) is 0 Å². The molecule has 1 rings (SSSR count). The van der Waals surface area contributed by atoms with Crippen LogP contribution in [0, 0.1) is 0 Å². The first-order valence-electron chi connectivity index (χ1n) is 5.01. The van der Waals surface area contributed by atoms with E-state index in [1.807, 2.05) is 0 Å². The number of aromatic nitrogens is 2. The van der Waals surface area contributed by atoms with Crippen LogP contribution in [-0.4, -0.2) is 22.7 Å². The molecule has 0 saturated heterocycles. The van der Waals surface area contributed by atoms with E-state index in [-0.39, 0.29) is 0 Å². The maximum absolute atomic E-state index is 11.1. The van der Waals surface area contributed by atoms with Crippen molar-refractivity contribution >= 4 is 11.9 Å². The molecule has 5 nitrogen and oxygen atoms in total. The SMILES string of the molecule is CCCc1cc(NC(=O)OCC)ncn1. The van der Waals surface area contributed by atoms with E-state index in [2.05, 4.69) is 22.2 Å². The van der Waals surface area contributed by atoms with Gasteiger partial charge in [0.05, 0.1) is 6.61 Å². The molecule has 0 aromatic carbocycles. The minimum Gasteiger partial charge on any atom is -0.450 e. The first-order valence-corrected chi connectivity index (χ1v) is 5.01. The van der Waals surface area contributed by atoms with E-state index >= 15 is 0 Å². The quantitative estimate of drug-likeness (QED) is 0.823. The molecule has 0 aliphatic rings. The van der Waals surface area contributed by atoms with Gasteiger partial charge in [0.15, 0.2) is 0 Å². The molecule has 0 bridgehead atoms. The Morgan fingerprint density at radius 2 is 2.27 bits per heavy atom. The normalized spacial score (nSPS) is 9.73. The number of nitrogens with one attached hydrogen (secondary N) is 1. The van der Waals surface area contributed by atoms with Gasteiger partial charge in [-0.1, -0.05) is 13.3 Å². The van der Waals surface area contributed by atoms with Crippen molar-refractivity contribution in [1.29, 1.82) is 0 Å². The highest BCUT2D eigenvalue weighted by Gasteiger charge is 2.03. The van der Waals surface area contributed by atoms with Crippen LogP contribution >= 0.6 is 0 Å². The van der Waals surface area contributed by atoms with Gasteiger partial charge in [-0.25, -0.2) is 14.8 Å². The molecule has 0 fully saturated rings. The zero-order chi connectivity index (χ0) is 11.1. The van der Waals surface area contributed by atoms with Crippen molar-refractivity contribution in [1.82, 2.24) is 9.97 Å². The lowest BCUT2D eigenvalue weighted by molar-refractivity contribution is 0.168. The highest BCUT2D eigenvalue weighted by Crippen LogP contribution is 2.06. The van der Waals surface area contributed by atoms with Crippen LogP contribution in [0.25, 0.3) is 0 Å². The van der Waals surface area contributed by atoms with Crippen molar-refractivity contribution < 1.29 is 9.53 Å². The summed E-state index contributed by atoms with van der Waals surface area (Å²) in [4.78, 5) is 19.1. The fraction of sp³-hybridized carbons (Fsp3) is 0.500. The molecule has 0 radical (unpaired) electrons. The molecule has 0 atom stereocenters. The minimum absolute atomic E-state index is 0.346. The van der Waals surface area contributed by atoms with Gasteiger partial charge < -0.3 is 4.74 Å². The van der Waals surface area contributed by atoms with Gasteiger partial charge in [-0.05, 0) is 13.3 Å². The Morgan fingerprint density at radius 3 is 2.93 bits per heavy atom. The molecule has 1 aromatic rings. The maximum atomic E-state index is 11.1. The second-order valence-electron chi connectivity index (χ2n) is 2.99. The van der Waals surface area contributed by atoms with Gasteiger partial charge in [0, 0.05) is 11.8 Å². The van der Waals surface area contributed by atoms with Gasteiger partial charge >= 0.3 is 6.09 Å². The van der Waals surface area contributed by atoms with Crippen LogP contribution < -0.4 is 5.32 Å². The summed E-state index contributed by atoms with van der Waals surface area (Å²) in [6.07, 6.45) is 2.83. The number of carbonyl (C=O) groups is 1. The Bertz CT molecular complexity index is 328. The molecule has 0 aliphatic carbocycles. The summed E-state index contributed by atoms with van der Waals surface area (Å²) in [6.45, 7) is 4.17. The van der Waals surface area contributed by atoms with E-state index in [0.717, 1.165) is 18.5 Å². The lowest BCUT2D eigenvalue weighted by Crippen LogP contribution is -2.14. The lowest BCUT2D eigenvalue weighted by Gasteiger charge is -2.04. The summed E-state index contributed by atoms with van der Waals surface area (Å²) in [7, 11) is 0. The maximum Gasteiger partial charge on any atom is 0.412 e. The van der Waals surface area contributed by atoms with Crippen molar-refractivity contribution in [3.8, 4) is 0 Å². The van der Waals surface area contributed by atoms with Gasteiger partial charge in [0.1, 0.15) is 12.1 Å². The molecule has 15 heavy (non-hydrogen) atoms. The number of hydrogen-bond acceptors (Lipinski definition) is 4. The standard InChI is InChI=1S/C10H15N3O2/c1-3-5-8-6-9(12-7-11-8)13-10(14)15-4-2/h6-7H,3-5H2,1-2H3,(H,11,12,13,14). The van der Waals surface area contributed by atoms with E-state index in [4.69, 9.17) is 4.74 Å². The predicted molar refractivity (Wildman–Crippen MR) is 56.7 cm³/mol. The lowest BCUT2D eigenvalue weighted by atomic mass is 10.2. The number of amides is 1. The summed E-state index contributed by atoms with van der Waals surface area (Å²) in [5, 5.41) is 2.53. The molecular weight excluding hydrogens is 194 g/mol.